The Hall–Kier alpha value is -2.34. The predicted octanol–water partition coefficient (Wildman–Crippen LogP) is 3.30. The molecule has 1 aromatic heterocycles. The Morgan fingerprint density at radius 2 is 1.96 bits per heavy atom. The number of halogens is 1. The predicted molar refractivity (Wildman–Crippen MR) is 105 cm³/mol. The van der Waals surface area contributed by atoms with Gasteiger partial charge in [-0.15, -0.1) is 10.2 Å². The SMILES string of the molecule is CCCCNc1ccc(C(=O)N2CCN(c3cccc(Cl)c3)CC2)nn1. The normalized spacial score (nSPS) is 14.4. The first kappa shape index (κ1) is 18.5. The van der Waals surface area contributed by atoms with Gasteiger partial charge in [-0.2, -0.15) is 0 Å². The number of carbonyl (C=O) groups is 1. The fourth-order valence-corrected chi connectivity index (χ4v) is 3.12. The van der Waals surface area contributed by atoms with E-state index in [-0.39, 0.29) is 5.91 Å². The van der Waals surface area contributed by atoms with Crippen LogP contribution in [0.15, 0.2) is 36.4 Å². The Morgan fingerprint density at radius 3 is 2.62 bits per heavy atom. The van der Waals surface area contributed by atoms with E-state index in [0.717, 1.165) is 43.2 Å². The highest BCUT2D eigenvalue weighted by molar-refractivity contribution is 6.30. The number of benzene rings is 1. The van der Waals surface area contributed by atoms with E-state index in [1.54, 1.807) is 6.07 Å². The number of nitrogens with zero attached hydrogens (tertiary/aromatic N) is 4. The van der Waals surface area contributed by atoms with Crippen LogP contribution in [0.3, 0.4) is 0 Å². The largest absolute Gasteiger partial charge is 0.369 e. The molecule has 3 rings (SSSR count). The van der Waals surface area contributed by atoms with E-state index >= 15 is 0 Å². The molecule has 0 saturated carbocycles. The van der Waals surface area contributed by atoms with Crippen LogP contribution in [0, 0.1) is 0 Å². The number of unbranched alkanes of at least 4 members (excludes halogenated alkanes) is 1. The standard InChI is InChI=1S/C19H24ClN5O/c1-2-3-9-21-18-8-7-17(22-23-18)19(26)25-12-10-24(11-13-25)16-6-4-5-15(20)14-16/h4-8,14H,2-3,9-13H2,1H3,(H,21,23). The van der Waals surface area contributed by atoms with E-state index in [0.29, 0.717) is 24.6 Å². The molecule has 2 aromatic rings. The number of piperazine rings is 1. The number of hydrogen-bond acceptors (Lipinski definition) is 5. The summed E-state index contributed by atoms with van der Waals surface area (Å²) in [7, 11) is 0. The summed E-state index contributed by atoms with van der Waals surface area (Å²) in [6, 6.07) is 11.4. The van der Waals surface area contributed by atoms with E-state index < -0.39 is 0 Å². The maximum absolute atomic E-state index is 12.6. The van der Waals surface area contributed by atoms with Crippen LogP contribution >= 0.6 is 11.6 Å². The Morgan fingerprint density at radius 1 is 1.15 bits per heavy atom. The van der Waals surface area contributed by atoms with Gasteiger partial charge in [-0.1, -0.05) is 31.0 Å². The summed E-state index contributed by atoms with van der Waals surface area (Å²) in [6.45, 7) is 5.87. The highest BCUT2D eigenvalue weighted by atomic mass is 35.5. The number of aromatic nitrogens is 2. The van der Waals surface area contributed by atoms with E-state index in [1.165, 1.54) is 0 Å². The Balaban J connectivity index is 1.54. The minimum Gasteiger partial charge on any atom is -0.369 e. The number of anilines is 2. The number of amides is 1. The molecule has 0 aliphatic carbocycles. The van der Waals surface area contributed by atoms with Gasteiger partial charge in [0.25, 0.3) is 5.91 Å². The molecule has 0 radical (unpaired) electrons. The van der Waals surface area contributed by atoms with Gasteiger partial charge in [-0.3, -0.25) is 4.79 Å². The summed E-state index contributed by atoms with van der Waals surface area (Å²) in [5.41, 5.74) is 1.48. The molecule has 1 saturated heterocycles. The van der Waals surface area contributed by atoms with Gasteiger partial charge >= 0.3 is 0 Å². The van der Waals surface area contributed by atoms with Crippen LogP contribution in [0.25, 0.3) is 0 Å². The van der Waals surface area contributed by atoms with Crippen molar-refractivity contribution in [3.8, 4) is 0 Å². The van der Waals surface area contributed by atoms with Crippen molar-refractivity contribution in [3.63, 3.8) is 0 Å². The molecule has 0 bridgehead atoms. The third-order valence-corrected chi connectivity index (χ3v) is 4.70. The van der Waals surface area contributed by atoms with Crippen molar-refractivity contribution < 1.29 is 4.79 Å². The third kappa shape index (κ3) is 4.64. The zero-order valence-electron chi connectivity index (χ0n) is 15.0. The van der Waals surface area contributed by atoms with Crippen molar-refractivity contribution in [1.29, 1.82) is 0 Å². The van der Waals surface area contributed by atoms with Gasteiger partial charge in [0, 0.05) is 43.4 Å². The molecular formula is C19H24ClN5O. The molecule has 0 atom stereocenters. The second-order valence-electron chi connectivity index (χ2n) is 6.34. The molecule has 0 spiro atoms. The molecule has 1 aromatic carbocycles. The van der Waals surface area contributed by atoms with Crippen LogP contribution in [0.4, 0.5) is 11.5 Å². The molecule has 7 heteroatoms. The second-order valence-corrected chi connectivity index (χ2v) is 6.78. The topological polar surface area (TPSA) is 61.4 Å². The summed E-state index contributed by atoms with van der Waals surface area (Å²) in [5, 5.41) is 12.1. The van der Waals surface area contributed by atoms with Crippen LogP contribution in [-0.4, -0.2) is 53.7 Å². The van der Waals surface area contributed by atoms with Crippen molar-refractivity contribution in [1.82, 2.24) is 15.1 Å². The van der Waals surface area contributed by atoms with Crippen LogP contribution < -0.4 is 10.2 Å². The highest BCUT2D eigenvalue weighted by Crippen LogP contribution is 2.21. The first-order chi connectivity index (χ1) is 12.7. The average Bonchev–Trinajstić information content (AvgIpc) is 2.68. The molecule has 1 aliphatic heterocycles. The van der Waals surface area contributed by atoms with Gasteiger partial charge in [0.1, 0.15) is 5.82 Å². The Bertz CT molecular complexity index is 729. The summed E-state index contributed by atoms with van der Waals surface area (Å²) in [4.78, 5) is 16.7. The Labute approximate surface area is 159 Å². The lowest BCUT2D eigenvalue weighted by atomic mass is 10.2. The van der Waals surface area contributed by atoms with Gasteiger partial charge in [0.15, 0.2) is 5.69 Å². The van der Waals surface area contributed by atoms with Gasteiger partial charge < -0.3 is 15.1 Å². The van der Waals surface area contributed by atoms with Crippen LogP contribution in [0.5, 0.6) is 0 Å². The third-order valence-electron chi connectivity index (χ3n) is 4.46. The molecule has 2 heterocycles. The van der Waals surface area contributed by atoms with Crippen molar-refractivity contribution in [3.05, 3.63) is 47.1 Å². The molecule has 1 amide bonds. The van der Waals surface area contributed by atoms with Gasteiger partial charge in [-0.25, -0.2) is 0 Å². The molecule has 6 nitrogen and oxygen atoms in total. The molecule has 26 heavy (non-hydrogen) atoms. The second kappa shape index (κ2) is 8.85. The number of nitrogens with one attached hydrogen (secondary N) is 1. The lowest BCUT2D eigenvalue weighted by Gasteiger charge is -2.36. The lowest BCUT2D eigenvalue weighted by Crippen LogP contribution is -2.49. The fraction of sp³-hybridized carbons (Fsp3) is 0.421. The quantitative estimate of drug-likeness (QED) is 0.787. The fourth-order valence-electron chi connectivity index (χ4n) is 2.94. The zero-order valence-corrected chi connectivity index (χ0v) is 15.7. The zero-order chi connectivity index (χ0) is 18.4. The summed E-state index contributed by atoms with van der Waals surface area (Å²) in [5.74, 6) is 0.643. The van der Waals surface area contributed by atoms with Crippen LogP contribution in [0.1, 0.15) is 30.3 Å². The summed E-state index contributed by atoms with van der Waals surface area (Å²) >= 11 is 6.06. The first-order valence-electron chi connectivity index (χ1n) is 9.05. The van der Waals surface area contributed by atoms with Crippen LogP contribution in [-0.2, 0) is 0 Å². The van der Waals surface area contributed by atoms with Crippen molar-refractivity contribution >= 4 is 29.0 Å². The molecule has 1 fully saturated rings. The lowest BCUT2D eigenvalue weighted by molar-refractivity contribution is 0.0739. The van der Waals surface area contributed by atoms with E-state index in [9.17, 15) is 4.79 Å². The maximum atomic E-state index is 12.6. The maximum Gasteiger partial charge on any atom is 0.274 e. The monoisotopic (exact) mass is 373 g/mol. The van der Waals surface area contributed by atoms with E-state index in [2.05, 4.69) is 27.3 Å². The minimum absolute atomic E-state index is 0.0663. The molecular weight excluding hydrogens is 350 g/mol. The average molecular weight is 374 g/mol. The van der Waals surface area contributed by atoms with Crippen molar-refractivity contribution in [2.45, 2.75) is 19.8 Å². The molecule has 0 unspecified atom stereocenters. The minimum atomic E-state index is -0.0663. The molecule has 1 aliphatic rings. The molecule has 138 valence electrons. The molecule has 1 N–H and O–H groups in total. The summed E-state index contributed by atoms with van der Waals surface area (Å²) in [6.07, 6.45) is 2.21. The van der Waals surface area contributed by atoms with Crippen LogP contribution in [0.2, 0.25) is 5.02 Å². The highest BCUT2D eigenvalue weighted by Gasteiger charge is 2.23. The van der Waals surface area contributed by atoms with E-state index in [1.807, 2.05) is 35.2 Å². The van der Waals surface area contributed by atoms with Gasteiger partial charge in [0.05, 0.1) is 0 Å². The smallest absolute Gasteiger partial charge is 0.274 e. The van der Waals surface area contributed by atoms with Gasteiger partial charge in [0.2, 0.25) is 0 Å². The first-order valence-corrected chi connectivity index (χ1v) is 9.42. The summed E-state index contributed by atoms with van der Waals surface area (Å²) < 4.78 is 0. The van der Waals surface area contributed by atoms with E-state index in [4.69, 9.17) is 11.6 Å². The number of carbonyl (C=O) groups excluding carboxylic acids is 1. The van der Waals surface area contributed by atoms with Gasteiger partial charge in [-0.05, 0) is 36.8 Å². The van der Waals surface area contributed by atoms with Crippen molar-refractivity contribution in [2.24, 2.45) is 0 Å². The number of hydrogen-bond donors (Lipinski definition) is 1. The Kier molecular flexibility index (Phi) is 6.28. The number of rotatable bonds is 6. The van der Waals surface area contributed by atoms with Crippen molar-refractivity contribution in [2.75, 3.05) is 42.9 Å².